The molecule has 0 spiro atoms. The number of nitrogens with zero attached hydrogens (tertiary/aromatic N) is 2. The van der Waals surface area contributed by atoms with Crippen LogP contribution in [0.2, 0.25) is 0 Å². The summed E-state index contributed by atoms with van der Waals surface area (Å²) in [5, 5.41) is 10.4. The van der Waals surface area contributed by atoms with Crippen LogP contribution in [0.1, 0.15) is 54.9 Å². The molecule has 1 fully saturated rings. The van der Waals surface area contributed by atoms with Crippen molar-refractivity contribution < 1.29 is 13.5 Å². The number of nitrogens with one attached hydrogen (secondary N) is 2. The highest BCUT2D eigenvalue weighted by Gasteiger charge is 2.28. The molecule has 4 rings (SSSR count). The molecule has 23 heavy (non-hydrogen) atoms. The molecule has 1 atom stereocenters. The highest BCUT2D eigenvalue weighted by atomic mass is 19.1. The third kappa shape index (κ3) is 3.06. The van der Waals surface area contributed by atoms with Crippen LogP contribution >= 0.6 is 0 Å². The third-order valence-electron chi connectivity index (χ3n) is 4.31. The largest absolute Gasteiger partial charge is 0.493 e. The molecule has 2 heterocycles. The average Bonchev–Trinajstić information content (AvgIpc) is 3.29. The first kappa shape index (κ1) is 14.6. The number of halogens is 2. The predicted octanol–water partition coefficient (Wildman–Crippen LogP) is 2.96. The maximum Gasteiger partial charge on any atom is 0.153 e. The quantitative estimate of drug-likeness (QED) is 0.909. The van der Waals surface area contributed by atoms with Gasteiger partial charge in [-0.2, -0.15) is 5.10 Å². The Labute approximate surface area is 132 Å². The lowest BCUT2D eigenvalue weighted by Crippen LogP contribution is -2.22. The van der Waals surface area contributed by atoms with Crippen molar-refractivity contribution in [1.82, 2.24) is 20.5 Å². The monoisotopic (exact) mass is 320 g/mol. The molecular formula is C16H18F2N4O. The summed E-state index contributed by atoms with van der Waals surface area (Å²) in [6.45, 7) is 0.919. The van der Waals surface area contributed by atoms with Gasteiger partial charge in [0.15, 0.2) is 5.82 Å². The lowest BCUT2D eigenvalue weighted by Gasteiger charge is -2.18. The first-order chi connectivity index (χ1) is 11.2. The van der Waals surface area contributed by atoms with E-state index < -0.39 is 11.6 Å². The maximum atomic E-state index is 14.2. The molecule has 0 saturated heterocycles. The maximum absolute atomic E-state index is 14.2. The number of aromatic nitrogens is 3. The van der Waals surface area contributed by atoms with E-state index >= 15 is 0 Å². The molecule has 1 saturated carbocycles. The summed E-state index contributed by atoms with van der Waals surface area (Å²) >= 11 is 0. The Morgan fingerprint density at radius 3 is 2.96 bits per heavy atom. The molecule has 0 bridgehead atoms. The Hall–Kier alpha value is -2.02. The van der Waals surface area contributed by atoms with E-state index in [1.54, 1.807) is 0 Å². The van der Waals surface area contributed by atoms with Gasteiger partial charge in [-0.1, -0.05) is 0 Å². The molecule has 1 aromatic carbocycles. The predicted molar refractivity (Wildman–Crippen MR) is 79.0 cm³/mol. The summed E-state index contributed by atoms with van der Waals surface area (Å²) in [6.07, 6.45) is 3.79. The zero-order chi connectivity index (χ0) is 15.8. The SMILES string of the molecule is Fc1cc(F)c2c(c1)OCCCC2NCc1nc(C2CC2)n[nH]1. The summed E-state index contributed by atoms with van der Waals surface area (Å²) in [4.78, 5) is 4.46. The Bertz CT molecular complexity index is 714. The van der Waals surface area contributed by atoms with E-state index in [1.807, 2.05) is 0 Å². The van der Waals surface area contributed by atoms with Crippen LogP contribution in [0.5, 0.6) is 5.75 Å². The van der Waals surface area contributed by atoms with Crippen molar-refractivity contribution in [3.8, 4) is 5.75 Å². The van der Waals surface area contributed by atoms with Gasteiger partial charge >= 0.3 is 0 Å². The molecule has 2 N–H and O–H groups in total. The van der Waals surface area contributed by atoms with Gasteiger partial charge < -0.3 is 10.1 Å². The number of aromatic amines is 1. The third-order valence-corrected chi connectivity index (χ3v) is 4.31. The van der Waals surface area contributed by atoms with Crippen molar-refractivity contribution in [2.45, 2.75) is 44.2 Å². The topological polar surface area (TPSA) is 62.8 Å². The number of hydrogen-bond acceptors (Lipinski definition) is 4. The minimum absolute atomic E-state index is 0.234. The number of ether oxygens (including phenoxy) is 1. The van der Waals surface area contributed by atoms with Gasteiger partial charge in [0, 0.05) is 29.7 Å². The Morgan fingerprint density at radius 2 is 2.13 bits per heavy atom. The van der Waals surface area contributed by atoms with Crippen molar-refractivity contribution in [2.24, 2.45) is 0 Å². The molecule has 122 valence electrons. The Kier molecular flexibility index (Phi) is 3.72. The van der Waals surface area contributed by atoms with Crippen LogP contribution in [0.4, 0.5) is 8.78 Å². The molecular weight excluding hydrogens is 302 g/mol. The van der Waals surface area contributed by atoms with E-state index in [1.165, 1.54) is 6.07 Å². The van der Waals surface area contributed by atoms with E-state index in [-0.39, 0.29) is 11.8 Å². The molecule has 1 aromatic heterocycles. The standard InChI is InChI=1S/C16H18F2N4O/c17-10-6-11(18)15-12(2-1-5-23-13(15)7-10)19-8-14-20-16(22-21-14)9-3-4-9/h6-7,9,12,19H,1-5,8H2,(H,20,21,22). The minimum atomic E-state index is -0.619. The van der Waals surface area contributed by atoms with Gasteiger partial charge in [-0.05, 0) is 25.7 Å². The summed E-state index contributed by atoms with van der Waals surface area (Å²) < 4.78 is 33.1. The number of fused-ring (bicyclic) bond motifs is 1. The van der Waals surface area contributed by atoms with Crippen LogP contribution in [0, 0.1) is 11.6 Å². The number of hydrogen-bond donors (Lipinski definition) is 2. The van der Waals surface area contributed by atoms with Gasteiger partial charge in [-0.15, -0.1) is 0 Å². The van der Waals surface area contributed by atoms with Gasteiger partial charge in [-0.25, -0.2) is 13.8 Å². The lowest BCUT2D eigenvalue weighted by molar-refractivity contribution is 0.313. The number of H-pyrrole nitrogens is 1. The van der Waals surface area contributed by atoms with E-state index in [9.17, 15) is 8.78 Å². The average molecular weight is 320 g/mol. The molecule has 2 aliphatic rings. The van der Waals surface area contributed by atoms with Gasteiger partial charge in [0.25, 0.3) is 0 Å². The molecule has 1 aliphatic carbocycles. The van der Waals surface area contributed by atoms with Gasteiger partial charge in [-0.3, -0.25) is 5.10 Å². The number of rotatable bonds is 4. The highest BCUT2D eigenvalue weighted by Crippen LogP contribution is 2.38. The second-order valence-electron chi connectivity index (χ2n) is 6.14. The molecule has 1 unspecified atom stereocenters. The Balaban J connectivity index is 1.52. The minimum Gasteiger partial charge on any atom is -0.493 e. The van der Waals surface area contributed by atoms with Crippen LogP contribution in [-0.2, 0) is 6.54 Å². The van der Waals surface area contributed by atoms with Crippen LogP contribution in [0.3, 0.4) is 0 Å². The normalized spacial score (nSPS) is 20.7. The number of benzene rings is 1. The fraction of sp³-hybridized carbons (Fsp3) is 0.500. The van der Waals surface area contributed by atoms with Crippen LogP contribution in [0.15, 0.2) is 12.1 Å². The van der Waals surface area contributed by atoms with E-state index in [0.717, 1.165) is 43.4 Å². The zero-order valence-corrected chi connectivity index (χ0v) is 12.6. The second kappa shape index (κ2) is 5.88. The molecule has 2 aromatic rings. The van der Waals surface area contributed by atoms with E-state index in [0.29, 0.717) is 24.6 Å². The van der Waals surface area contributed by atoms with Crippen molar-refractivity contribution in [3.63, 3.8) is 0 Å². The summed E-state index contributed by atoms with van der Waals surface area (Å²) in [7, 11) is 0. The zero-order valence-electron chi connectivity index (χ0n) is 12.6. The van der Waals surface area contributed by atoms with Crippen molar-refractivity contribution in [2.75, 3.05) is 6.61 Å². The molecule has 7 heteroatoms. The fourth-order valence-electron chi connectivity index (χ4n) is 2.97. The van der Waals surface area contributed by atoms with Gasteiger partial charge in [0.2, 0.25) is 0 Å². The first-order valence-electron chi connectivity index (χ1n) is 7.97. The summed E-state index contributed by atoms with van der Waals surface area (Å²) in [6, 6.07) is 1.92. The van der Waals surface area contributed by atoms with Crippen molar-refractivity contribution in [3.05, 3.63) is 41.0 Å². The van der Waals surface area contributed by atoms with Gasteiger partial charge in [0.05, 0.1) is 13.2 Å². The van der Waals surface area contributed by atoms with Crippen molar-refractivity contribution in [1.29, 1.82) is 0 Å². The Morgan fingerprint density at radius 1 is 1.26 bits per heavy atom. The van der Waals surface area contributed by atoms with Gasteiger partial charge in [0.1, 0.15) is 23.2 Å². The highest BCUT2D eigenvalue weighted by molar-refractivity contribution is 5.38. The summed E-state index contributed by atoms with van der Waals surface area (Å²) in [5.41, 5.74) is 0.394. The molecule has 0 amide bonds. The van der Waals surface area contributed by atoms with Crippen molar-refractivity contribution >= 4 is 0 Å². The van der Waals surface area contributed by atoms with E-state index in [4.69, 9.17) is 4.74 Å². The fourth-order valence-corrected chi connectivity index (χ4v) is 2.97. The summed E-state index contributed by atoms with van der Waals surface area (Å²) in [5.74, 6) is 1.18. The second-order valence-corrected chi connectivity index (χ2v) is 6.14. The molecule has 1 aliphatic heterocycles. The smallest absolute Gasteiger partial charge is 0.153 e. The van der Waals surface area contributed by atoms with Crippen LogP contribution in [0.25, 0.3) is 0 Å². The first-order valence-corrected chi connectivity index (χ1v) is 7.97. The van der Waals surface area contributed by atoms with Crippen LogP contribution in [-0.4, -0.2) is 21.8 Å². The molecule has 5 nitrogen and oxygen atoms in total. The van der Waals surface area contributed by atoms with E-state index in [2.05, 4.69) is 20.5 Å². The lowest BCUT2D eigenvalue weighted by atomic mass is 10.0. The molecule has 0 radical (unpaired) electrons. The van der Waals surface area contributed by atoms with Crippen LogP contribution < -0.4 is 10.1 Å².